The van der Waals surface area contributed by atoms with Gasteiger partial charge in [0.05, 0.1) is 5.92 Å². The maximum Gasteiger partial charge on any atom is 0.347 e. The molecule has 0 amide bonds. The highest BCUT2D eigenvalue weighted by molar-refractivity contribution is 5.79. The van der Waals surface area contributed by atoms with Gasteiger partial charge >= 0.3 is 17.9 Å². The van der Waals surface area contributed by atoms with Crippen molar-refractivity contribution in [1.82, 2.24) is 0 Å². The first-order valence-electron chi connectivity index (χ1n) is 10.8. The molecule has 10 heteroatoms. The molecule has 7 unspecified atom stereocenters. The predicted molar refractivity (Wildman–Crippen MR) is 108 cm³/mol. The molecule has 4 rings (SSSR count). The van der Waals surface area contributed by atoms with E-state index in [2.05, 4.69) is 6.58 Å². The van der Waals surface area contributed by atoms with Gasteiger partial charge in [-0.05, 0) is 5.92 Å². The first-order chi connectivity index (χ1) is 14.8. The fourth-order valence-corrected chi connectivity index (χ4v) is 4.74. The fraction of sp³-hybridized carbons (Fsp3) is 0.773. The van der Waals surface area contributed by atoms with Gasteiger partial charge in [0.15, 0.2) is 18.2 Å². The number of aliphatic hydroxyl groups excluding tert-OH is 1. The summed E-state index contributed by atoms with van der Waals surface area (Å²) in [5, 5.41) is 21.7. The molecule has 180 valence electrons. The van der Waals surface area contributed by atoms with Crippen molar-refractivity contribution < 1.29 is 48.3 Å². The van der Waals surface area contributed by atoms with Crippen LogP contribution in [0.15, 0.2) is 12.2 Å². The lowest BCUT2D eigenvalue weighted by atomic mass is 9.73. The smallest absolute Gasteiger partial charge is 0.347 e. The Labute approximate surface area is 186 Å². The molecule has 32 heavy (non-hydrogen) atoms. The highest BCUT2D eigenvalue weighted by atomic mass is 16.8. The second kappa shape index (κ2) is 8.74. The summed E-state index contributed by atoms with van der Waals surface area (Å²) in [6.07, 6.45) is -4.73. The van der Waals surface area contributed by atoms with Crippen molar-refractivity contribution in [3.8, 4) is 0 Å². The summed E-state index contributed by atoms with van der Waals surface area (Å²) in [6.45, 7) is 11.7. The normalized spacial score (nSPS) is 36.3. The Morgan fingerprint density at radius 3 is 2.47 bits per heavy atom. The maximum absolute atomic E-state index is 12.8. The molecule has 0 aromatic heterocycles. The molecule has 0 radical (unpaired) electrons. The van der Waals surface area contributed by atoms with Crippen LogP contribution in [0.2, 0.25) is 0 Å². The van der Waals surface area contributed by atoms with Crippen LogP contribution in [0, 0.1) is 17.8 Å². The first-order valence-corrected chi connectivity index (χ1v) is 10.8. The molecule has 3 aliphatic heterocycles. The molecule has 0 aromatic carbocycles. The van der Waals surface area contributed by atoms with Crippen molar-refractivity contribution in [2.45, 2.75) is 83.5 Å². The monoisotopic (exact) mass is 456 g/mol. The average molecular weight is 456 g/mol. The van der Waals surface area contributed by atoms with Crippen LogP contribution < -0.4 is 0 Å². The van der Waals surface area contributed by atoms with E-state index in [0.717, 1.165) is 0 Å². The van der Waals surface area contributed by atoms with Gasteiger partial charge < -0.3 is 33.9 Å². The lowest BCUT2D eigenvalue weighted by Gasteiger charge is -2.55. The molecule has 4 bridgehead atoms. The van der Waals surface area contributed by atoms with Gasteiger partial charge in [-0.3, -0.25) is 9.59 Å². The summed E-state index contributed by atoms with van der Waals surface area (Å²) in [5.41, 5.74) is -2.98. The Kier molecular flexibility index (Phi) is 6.72. The Morgan fingerprint density at radius 1 is 1.25 bits per heavy atom. The molecule has 4 aliphatic rings. The summed E-state index contributed by atoms with van der Waals surface area (Å²) >= 11 is 0. The van der Waals surface area contributed by atoms with Gasteiger partial charge in [0, 0.05) is 31.3 Å². The highest BCUT2D eigenvalue weighted by Gasteiger charge is 2.76. The van der Waals surface area contributed by atoms with Crippen LogP contribution in [0.25, 0.3) is 0 Å². The highest BCUT2D eigenvalue weighted by Crippen LogP contribution is 2.60. The summed E-state index contributed by atoms with van der Waals surface area (Å²) in [6, 6.07) is 0. The Morgan fingerprint density at radius 2 is 1.91 bits per heavy atom. The van der Waals surface area contributed by atoms with E-state index in [1.54, 1.807) is 13.8 Å². The van der Waals surface area contributed by atoms with Crippen LogP contribution >= 0.6 is 0 Å². The van der Waals surface area contributed by atoms with Crippen LogP contribution in [-0.2, 0) is 38.1 Å². The number of hydrogen-bond donors (Lipinski definition) is 2. The maximum atomic E-state index is 12.8. The lowest BCUT2D eigenvalue weighted by Crippen LogP contribution is -2.69. The number of aliphatic hydroxyl groups is 2. The Hall–Kier alpha value is -2.01. The quantitative estimate of drug-likeness (QED) is 0.307. The molecule has 3 saturated heterocycles. The molecule has 7 atom stereocenters. The number of carbonyl (C=O) groups excluding carboxylic acids is 3. The van der Waals surface area contributed by atoms with E-state index in [1.165, 1.54) is 6.92 Å². The summed E-state index contributed by atoms with van der Waals surface area (Å²) in [4.78, 5) is 36.7. The van der Waals surface area contributed by atoms with Crippen molar-refractivity contribution in [1.29, 1.82) is 0 Å². The predicted octanol–water partition coefficient (Wildman–Crippen LogP) is 0.826. The van der Waals surface area contributed by atoms with Crippen LogP contribution in [0.5, 0.6) is 0 Å². The fourth-order valence-electron chi connectivity index (χ4n) is 4.74. The van der Waals surface area contributed by atoms with E-state index in [9.17, 15) is 24.6 Å². The molecule has 3 heterocycles. The molecule has 1 saturated carbocycles. The zero-order valence-corrected chi connectivity index (χ0v) is 19.0. The second-order valence-electron chi connectivity index (χ2n) is 9.52. The van der Waals surface area contributed by atoms with Gasteiger partial charge in [-0.1, -0.05) is 34.3 Å². The van der Waals surface area contributed by atoms with Crippen molar-refractivity contribution in [2.75, 3.05) is 6.61 Å². The largest absolute Gasteiger partial charge is 0.460 e. The first kappa shape index (κ1) is 24.6. The second-order valence-corrected chi connectivity index (χ2v) is 9.52. The number of carbonyl (C=O) groups is 3. The molecule has 1 aliphatic carbocycles. The van der Waals surface area contributed by atoms with Gasteiger partial charge in [0.25, 0.3) is 0 Å². The third kappa shape index (κ3) is 4.16. The summed E-state index contributed by atoms with van der Waals surface area (Å²) in [5.74, 6) is -3.35. The lowest BCUT2D eigenvalue weighted by molar-refractivity contribution is -0.390. The number of hydrogen-bond acceptors (Lipinski definition) is 10. The zero-order valence-electron chi connectivity index (χ0n) is 19.0. The SMILES string of the molecule is C=C1C2OC(O)C3C1(O)CC(OC(C)=O)C3(COC(=O)C(OC(=O)CC(C)C)C(C)C)O2. The minimum absolute atomic E-state index is 0.0617. The van der Waals surface area contributed by atoms with Crippen LogP contribution in [0.1, 0.15) is 47.5 Å². The molecule has 0 spiro atoms. The minimum Gasteiger partial charge on any atom is -0.460 e. The van der Waals surface area contributed by atoms with E-state index in [1.807, 2.05) is 13.8 Å². The standard InChI is InChI=1S/C22H32O10/c1-10(2)7-15(24)30-16(11(3)4)18(25)28-9-22-14(29-13(6)23)8-21(27)12(5)20(32-22)31-19(26)17(21)22/h10-11,14,16-17,19-20,26-27H,5,7-9H2,1-4,6H3. The van der Waals surface area contributed by atoms with Crippen LogP contribution in [0.4, 0.5) is 0 Å². The molecular formula is C22H32O10. The van der Waals surface area contributed by atoms with Crippen molar-refractivity contribution in [2.24, 2.45) is 17.8 Å². The summed E-state index contributed by atoms with van der Waals surface area (Å²) in [7, 11) is 0. The van der Waals surface area contributed by atoms with Gasteiger partial charge in [0.1, 0.15) is 18.3 Å². The van der Waals surface area contributed by atoms with Crippen molar-refractivity contribution >= 4 is 17.9 Å². The van der Waals surface area contributed by atoms with Gasteiger partial charge in [-0.15, -0.1) is 0 Å². The molecule has 10 nitrogen and oxygen atoms in total. The zero-order chi connectivity index (χ0) is 24.0. The molecule has 0 aromatic rings. The van der Waals surface area contributed by atoms with Gasteiger partial charge in [0.2, 0.25) is 6.10 Å². The van der Waals surface area contributed by atoms with Crippen LogP contribution in [-0.4, -0.2) is 70.7 Å². The van der Waals surface area contributed by atoms with Crippen molar-refractivity contribution in [3.63, 3.8) is 0 Å². The third-order valence-corrected chi connectivity index (χ3v) is 6.22. The van der Waals surface area contributed by atoms with E-state index in [4.69, 9.17) is 23.7 Å². The Bertz CT molecular complexity index is 792. The van der Waals surface area contributed by atoms with Gasteiger partial charge in [-0.2, -0.15) is 0 Å². The molecule has 2 N–H and O–H groups in total. The van der Waals surface area contributed by atoms with E-state index < -0.39 is 66.4 Å². The number of ether oxygens (including phenoxy) is 5. The average Bonchev–Trinajstić information content (AvgIpc) is 2.87. The Balaban J connectivity index is 1.82. The molecule has 4 fully saturated rings. The van der Waals surface area contributed by atoms with Crippen molar-refractivity contribution in [3.05, 3.63) is 12.2 Å². The number of esters is 3. The van der Waals surface area contributed by atoms with E-state index >= 15 is 0 Å². The third-order valence-electron chi connectivity index (χ3n) is 6.22. The topological polar surface area (TPSA) is 138 Å². The van der Waals surface area contributed by atoms with Gasteiger partial charge in [-0.25, -0.2) is 4.79 Å². The number of rotatable bonds is 8. The minimum atomic E-state index is -1.63. The molecular weight excluding hydrogens is 424 g/mol. The summed E-state index contributed by atoms with van der Waals surface area (Å²) < 4.78 is 27.5. The van der Waals surface area contributed by atoms with E-state index in [-0.39, 0.29) is 30.3 Å². The number of fused-ring (bicyclic) bond motifs is 1. The van der Waals surface area contributed by atoms with Crippen LogP contribution in [0.3, 0.4) is 0 Å². The van der Waals surface area contributed by atoms with E-state index in [0.29, 0.717) is 0 Å².